The third kappa shape index (κ3) is 12.2. The number of nitrogens with zero attached hydrogens (tertiary/aromatic N) is 1. The van der Waals surface area contributed by atoms with Crippen molar-refractivity contribution in [1.29, 1.82) is 0 Å². The van der Waals surface area contributed by atoms with Crippen molar-refractivity contribution in [2.45, 2.75) is 71.9 Å². The van der Waals surface area contributed by atoms with Gasteiger partial charge in [0, 0.05) is 13.5 Å². The van der Waals surface area contributed by atoms with Crippen molar-refractivity contribution >= 4 is 17.7 Å². The number of phenols is 1. The van der Waals surface area contributed by atoms with E-state index in [0.717, 1.165) is 29.9 Å². The lowest BCUT2D eigenvalue weighted by atomic mass is 9.99. The first-order valence-corrected chi connectivity index (χ1v) is 13.0. The van der Waals surface area contributed by atoms with Gasteiger partial charge < -0.3 is 26.8 Å². The van der Waals surface area contributed by atoms with Gasteiger partial charge in [0.1, 0.15) is 17.6 Å². The minimum Gasteiger partial charge on any atom is -0.508 e. The maximum Gasteiger partial charge on any atom is 0.240 e. The second-order valence-corrected chi connectivity index (χ2v) is 10.2. The number of halogens is 1. The van der Waals surface area contributed by atoms with Crippen molar-refractivity contribution < 1.29 is 23.9 Å². The molecular formula is C29H43FN4O4. The molecule has 0 aromatic heterocycles. The van der Waals surface area contributed by atoms with Crippen LogP contribution in [-0.4, -0.2) is 53.4 Å². The van der Waals surface area contributed by atoms with Gasteiger partial charge in [-0.1, -0.05) is 58.4 Å². The smallest absolute Gasteiger partial charge is 0.240 e. The number of unbranched alkanes of at least 4 members (excludes halogenated alkanes) is 1. The number of hydrogen-bond donors (Lipinski definition) is 4. The topological polar surface area (TPSA) is 139 Å². The van der Waals surface area contributed by atoms with Gasteiger partial charge in [-0.3, -0.25) is 14.4 Å². The summed E-state index contributed by atoms with van der Waals surface area (Å²) < 4.78 is 13.0. The molecule has 0 saturated heterocycles. The van der Waals surface area contributed by atoms with Crippen molar-refractivity contribution in [3.63, 3.8) is 0 Å². The highest BCUT2D eigenvalue weighted by Gasteiger charge is 2.24. The number of nitrogens with one attached hydrogen (secondary N) is 1. The Morgan fingerprint density at radius 1 is 1.03 bits per heavy atom. The Labute approximate surface area is 225 Å². The van der Waals surface area contributed by atoms with Crippen LogP contribution in [0, 0.1) is 11.7 Å². The first-order chi connectivity index (χ1) is 17.8. The number of amides is 3. The summed E-state index contributed by atoms with van der Waals surface area (Å²) in [6.45, 7) is 8.24. The number of aryl methyl sites for hydroxylation is 1. The monoisotopic (exact) mass is 530 g/mol. The van der Waals surface area contributed by atoms with Crippen molar-refractivity contribution in [2.24, 2.45) is 17.4 Å². The fraction of sp³-hybridized carbons (Fsp3) is 0.483. The minimum atomic E-state index is -0.979. The van der Waals surface area contributed by atoms with E-state index in [0.29, 0.717) is 12.0 Å². The normalized spacial score (nSPS) is 12.2. The largest absolute Gasteiger partial charge is 0.508 e. The van der Waals surface area contributed by atoms with Crippen LogP contribution >= 0.6 is 0 Å². The van der Waals surface area contributed by atoms with Crippen molar-refractivity contribution in [3.8, 4) is 5.75 Å². The van der Waals surface area contributed by atoms with E-state index < -0.39 is 29.8 Å². The molecule has 0 saturated carbocycles. The van der Waals surface area contributed by atoms with Crippen LogP contribution < -0.4 is 16.8 Å². The van der Waals surface area contributed by atoms with Gasteiger partial charge >= 0.3 is 0 Å². The van der Waals surface area contributed by atoms with Crippen molar-refractivity contribution in [3.05, 3.63) is 65.0 Å². The quantitative estimate of drug-likeness (QED) is 0.334. The number of rotatable bonds is 12. The summed E-state index contributed by atoms with van der Waals surface area (Å²) in [7, 11) is 1.44. The van der Waals surface area contributed by atoms with Gasteiger partial charge in [0.25, 0.3) is 0 Å². The molecule has 0 heterocycles. The van der Waals surface area contributed by atoms with Gasteiger partial charge in [0.05, 0.1) is 12.6 Å². The number of primary amides is 1. The van der Waals surface area contributed by atoms with Crippen LogP contribution in [0.3, 0.4) is 0 Å². The number of carbonyl (C=O) groups excluding carboxylic acids is 3. The Morgan fingerprint density at radius 3 is 2.16 bits per heavy atom. The molecule has 9 heteroatoms. The average molecular weight is 531 g/mol. The van der Waals surface area contributed by atoms with Crippen LogP contribution in [0.2, 0.25) is 0 Å². The lowest BCUT2D eigenvalue weighted by molar-refractivity contribution is -0.136. The molecule has 6 N–H and O–H groups in total. The van der Waals surface area contributed by atoms with E-state index in [4.69, 9.17) is 11.5 Å². The van der Waals surface area contributed by atoms with Crippen LogP contribution in [-0.2, 0) is 33.6 Å². The molecule has 2 aromatic carbocycles. The summed E-state index contributed by atoms with van der Waals surface area (Å²) in [6, 6.07) is 8.82. The Hall–Kier alpha value is -3.46. The molecule has 0 spiro atoms. The number of phenolic OH excluding ortho intramolecular Hbond substituents is 1. The highest BCUT2D eigenvalue weighted by atomic mass is 19.1. The fourth-order valence-electron chi connectivity index (χ4n) is 3.57. The second-order valence-electron chi connectivity index (χ2n) is 10.2. The molecule has 210 valence electrons. The minimum absolute atomic E-state index is 0.155. The summed E-state index contributed by atoms with van der Waals surface area (Å²) in [5, 5.41) is 12.6. The summed E-state index contributed by atoms with van der Waals surface area (Å²) >= 11 is 0. The molecule has 0 aliphatic carbocycles. The van der Waals surface area contributed by atoms with Gasteiger partial charge in [0.2, 0.25) is 17.7 Å². The second kappa shape index (κ2) is 16.4. The Bertz CT molecular complexity index is 1040. The molecule has 2 unspecified atom stereocenters. The first kappa shape index (κ1) is 32.6. The predicted molar refractivity (Wildman–Crippen MR) is 148 cm³/mol. The predicted octanol–water partition coefficient (Wildman–Crippen LogP) is 3.08. The van der Waals surface area contributed by atoms with Gasteiger partial charge in [-0.2, -0.15) is 0 Å². The maximum absolute atomic E-state index is 13.0. The molecule has 0 bridgehead atoms. The molecule has 0 aliphatic heterocycles. The van der Waals surface area contributed by atoms with E-state index in [9.17, 15) is 23.9 Å². The Balaban J connectivity index is 0.00000168. The zero-order valence-corrected chi connectivity index (χ0v) is 23.2. The van der Waals surface area contributed by atoms with Crippen molar-refractivity contribution in [1.82, 2.24) is 10.2 Å². The van der Waals surface area contributed by atoms with Crippen LogP contribution in [0.1, 0.15) is 57.2 Å². The fourth-order valence-corrected chi connectivity index (χ4v) is 3.57. The van der Waals surface area contributed by atoms with Crippen LogP contribution in [0.25, 0.3) is 0 Å². The maximum atomic E-state index is 13.0. The van der Waals surface area contributed by atoms with E-state index in [2.05, 4.69) is 33.0 Å². The molecular weight excluding hydrogens is 487 g/mol. The number of hydrogen-bond acceptors (Lipinski definition) is 5. The van der Waals surface area contributed by atoms with Crippen LogP contribution in [0.4, 0.5) is 4.39 Å². The number of nitrogens with two attached hydrogens (primary N) is 2. The van der Waals surface area contributed by atoms with E-state index in [-0.39, 0.29) is 31.0 Å². The Kier molecular flexibility index (Phi) is 14.1. The average Bonchev–Trinajstić information content (AvgIpc) is 2.84. The van der Waals surface area contributed by atoms with Gasteiger partial charge in [-0.05, 0) is 60.1 Å². The molecule has 0 aliphatic rings. The molecule has 0 radical (unpaired) electrons. The summed E-state index contributed by atoms with van der Waals surface area (Å²) in [6.07, 6.45) is 2.94. The number of likely N-dealkylation sites (N-methyl/N-ethyl adjacent to an activating group) is 1. The Morgan fingerprint density at radius 2 is 1.61 bits per heavy atom. The molecule has 2 atom stereocenters. The lowest BCUT2D eigenvalue weighted by Gasteiger charge is -2.22. The zero-order chi connectivity index (χ0) is 28.8. The standard InChI is InChI=1S/C25H33FN4O4.C4H10/c1-3-4-5-18-12-17(8-11-22(18)31)14-21(24(28)33)29-23(32)15-30(2)25(34)20(27)13-16-6-9-19(26)10-7-16;1-4(2)3/h6-12,20-21,31H,3-5,13-15,27H2,1-2H3,(H2,28,33)(H,29,32);4H,1-3H3. The number of carbonyl (C=O) groups is 3. The molecule has 3 amide bonds. The molecule has 38 heavy (non-hydrogen) atoms. The SMILES string of the molecule is CC(C)C.CCCCc1cc(CC(NC(=O)CN(C)C(=O)C(N)Cc2ccc(F)cc2)C(N)=O)ccc1O. The lowest BCUT2D eigenvalue weighted by Crippen LogP contribution is -2.51. The third-order valence-electron chi connectivity index (χ3n) is 5.51. The summed E-state index contributed by atoms with van der Waals surface area (Å²) in [4.78, 5) is 38.2. The number of aromatic hydroxyl groups is 1. The van der Waals surface area contributed by atoms with Crippen molar-refractivity contribution in [2.75, 3.05) is 13.6 Å². The summed E-state index contributed by atoms with van der Waals surface area (Å²) in [5.41, 5.74) is 13.7. The number of benzene rings is 2. The third-order valence-corrected chi connectivity index (χ3v) is 5.51. The molecule has 0 fully saturated rings. The molecule has 8 nitrogen and oxygen atoms in total. The van der Waals surface area contributed by atoms with Gasteiger partial charge in [0.15, 0.2) is 0 Å². The highest BCUT2D eigenvalue weighted by Crippen LogP contribution is 2.21. The van der Waals surface area contributed by atoms with Crippen LogP contribution in [0.5, 0.6) is 5.75 Å². The van der Waals surface area contributed by atoms with E-state index >= 15 is 0 Å². The van der Waals surface area contributed by atoms with E-state index in [1.807, 2.05) is 0 Å². The molecule has 2 aromatic rings. The van der Waals surface area contributed by atoms with Gasteiger partial charge in [-0.15, -0.1) is 0 Å². The first-order valence-electron chi connectivity index (χ1n) is 13.0. The molecule has 2 rings (SSSR count). The van der Waals surface area contributed by atoms with Crippen LogP contribution in [0.15, 0.2) is 42.5 Å². The van der Waals surface area contributed by atoms with Gasteiger partial charge in [-0.25, -0.2) is 4.39 Å². The summed E-state index contributed by atoms with van der Waals surface area (Å²) in [5.74, 6) is -1.09. The van der Waals surface area contributed by atoms with E-state index in [1.165, 1.54) is 24.1 Å². The highest BCUT2D eigenvalue weighted by molar-refractivity contribution is 5.90. The van der Waals surface area contributed by atoms with E-state index in [1.54, 1.807) is 30.3 Å². The zero-order valence-electron chi connectivity index (χ0n) is 23.2.